The Kier molecular flexibility index (Phi) is 7.13. The molecule has 1 aromatic rings. The van der Waals surface area contributed by atoms with Gasteiger partial charge in [0.1, 0.15) is 18.2 Å². The van der Waals surface area contributed by atoms with E-state index in [0.717, 1.165) is 49.1 Å². The second-order valence-electron chi connectivity index (χ2n) is 9.04. The number of hydrogen-bond donors (Lipinski definition) is 4. The van der Waals surface area contributed by atoms with Gasteiger partial charge in [0.15, 0.2) is 0 Å². The van der Waals surface area contributed by atoms with Gasteiger partial charge in [-0.15, -0.1) is 0 Å². The zero-order valence-corrected chi connectivity index (χ0v) is 20.1. The highest BCUT2D eigenvalue weighted by atomic mass is 35.5. The molecule has 1 heterocycles. The van der Waals surface area contributed by atoms with Crippen LogP contribution >= 0.6 is 11.6 Å². The number of ether oxygens (including phenoxy) is 1. The lowest BCUT2D eigenvalue weighted by atomic mass is 9.74. The molecule has 1 atom stereocenters. The van der Waals surface area contributed by atoms with Crippen molar-refractivity contribution in [3.8, 4) is 0 Å². The number of rotatable bonds is 5. The maximum atomic E-state index is 11.6. The molecule has 3 aliphatic rings. The third kappa shape index (κ3) is 4.90. The van der Waals surface area contributed by atoms with Gasteiger partial charge in [-0.1, -0.05) is 23.7 Å². The fraction of sp³-hybridized carbons (Fsp3) is 0.458. The van der Waals surface area contributed by atoms with Crippen LogP contribution in [0.5, 0.6) is 0 Å². The molecular weight excluding hydrogens is 454 g/mol. The maximum absolute atomic E-state index is 11.6. The molecule has 1 fully saturated rings. The summed E-state index contributed by atoms with van der Waals surface area (Å²) in [6.45, 7) is 1.23. The van der Waals surface area contributed by atoms with Crippen molar-refractivity contribution >= 4 is 35.3 Å². The van der Waals surface area contributed by atoms with Gasteiger partial charge >= 0.3 is 0 Å². The molecule has 1 aliphatic heterocycles. The highest BCUT2D eigenvalue weighted by molar-refractivity contribution is 6.39. The highest BCUT2D eigenvalue weighted by Gasteiger charge is 2.48. The average Bonchev–Trinajstić information content (AvgIpc) is 2.79. The number of nitrogens with two attached hydrogens (primary N) is 3. The number of aliphatic imine (C=N–C) groups is 2. The number of hydrogen-bond acceptors (Lipinski definition) is 6. The van der Waals surface area contributed by atoms with E-state index in [1.807, 2.05) is 29.3 Å². The van der Waals surface area contributed by atoms with Crippen LogP contribution in [-0.2, 0) is 9.53 Å². The van der Waals surface area contributed by atoms with E-state index < -0.39 is 5.91 Å². The quantitative estimate of drug-likeness (QED) is 0.286. The summed E-state index contributed by atoms with van der Waals surface area (Å²) < 4.78 is 6.18. The van der Waals surface area contributed by atoms with Gasteiger partial charge in [-0.2, -0.15) is 0 Å². The predicted molar refractivity (Wildman–Crippen MR) is 135 cm³/mol. The van der Waals surface area contributed by atoms with Crippen molar-refractivity contribution in [1.29, 1.82) is 0 Å². The normalized spacial score (nSPS) is 22.7. The van der Waals surface area contributed by atoms with Crippen LogP contribution in [-0.4, -0.2) is 48.3 Å². The SMILES string of the molecule is CN=C(N=C(N)/C(=C/c1cccc(Cl)c1)NC[C@@H]1CCCC2=C1N(N)C1(CCC1)CO2)C(N)=O. The molecule has 1 spiro atoms. The maximum Gasteiger partial charge on any atom is 0.286 e. The third-order valence-electron chi connectivity index (χ3n) is 6.83. The van der Waals surface area contributed by atoms with E-state index in [0.29, 0.717) is 23.9 Å². The van der Waals surface area contributed by atoms with Crippen molar-refractivity contribution in [2.24, 2.45) is 33.2 Å². The molecule has 2 aliphatic carbocycles. The van der Waals surface area contributed by atoms with Crippen molar-refractivity contribution in [3.05, 3.63) is 52.0 Å². The van der Waals surface area contributed by atoms with Crippen molar-refractivity contribution in [1.82, 2.24) is 10.3 Å². The number of primary amides is 1. The highest BCUT2D eigenvalue weighted by Crippen LogP contribution is 2.46. The van der Waals surface area contributed by atoms with Crippen LogP contribution in [0.15, 0.2) is 51.4 Å². The lowest BCUT2D eigenvalue weighted by Gasteiger charge is -2.54. The Bertz CT molecular complexity index is 1070. The van der Waals surface area contributed by atoms with E-state index in [1.165, 1.54) is 13.5 Å². The number of allylic oxidation sites excluding steroid dienone is 1. The fourth-order valence-corrected chi connectivity index (χ4v) is 4.99. The van der Waals surface area contributed by atoms with Gasteiger partial charge in [0.05, 0.1) is 16.9 Å². The summed E-state index contributed by atoms with van der Waals surface area (Å²) in [7, 11) is 1.44. The Morgan fingerprint density at radius 2 is 2.15 bits per heavy atom. The van der Waals surface area contributed by atoms with Gasteiger partial charge in [0.2, 0.25) is 5.84 Å². The molecule has 10 heteroatoms. The molecule has 34 heavy (non-hydrogen) atoms. The Hall–Kier alpha value is -3.04. The molecule has 7 N–H and O–H groups in total. The van der Waals surface area contributed by atoms with Gasteiger partial charge in [0.25, 0.3) is 5.91 Å². The largest absolute Gasteiger partial charge is 0.494 e. The van der Waals surface area contributed by atoms with Crippen molar-refractivity contribution in [2.75, 3.05) is 20.2 Å². The predicted octanol–water partition coefficient (Wildman–Crippen LogP) is 2.28. The molecule has 0 unspecified atom stereocenters. The first-order valence-electron chi connectivity index (χ1n) is 11.6. The van der Waals surface area contributed by atoms with Gasteiger partial charge in [-0.25, -0.2) is 10.8 Å². The first-order valence-corrected chi connectivity index (χ1v) is 11.9. The zero-order valence-electron chi connectivity index (χ0n) is 19.4. The van der Waals surface area contributed by atoms with Crippen LogP contribution in [0.25, 0.3) is 6.08 Å². The van der Waals surface area contributed by atoms with Crippen molar-refractivity contribution < 1.29 is 9.53 Å². The topological polar surface area (TPSA) is 144 Å². The standard InChI is InChI=1S/C24H32ClN7O2/c1-29-23(22(27)33)31-21(26)18(12-15-5-2-7-17(25)11-15)30-13-16-6-3-8-19-20(16)32(28)24(14-34-19)9-4-10-24/h2,5,7,11-12,16,30H,3-4,6,8-10,13-14,28H2,1H3,(H2,27,33)(H2,26,29,31)/b18-12-/t16-/m0/s1. The first kappa shape index (κ1) is 24.1. The molecule has 0 radical (unpaired) electrons. The molecule has 0 bridgehead atoms. The number of hydrazine groups is 1. The average molecular weight is 486 g/mol. The number of nitrogens with zero attached hydrogens (tertiary/aromatic N) is 3. The van der Waals surface area contributed by atoms with Crippen LogP contribution in [0.3, 0.4) is 0 Å². The molecule has 1 aromatic carbocycles. The molecule has 0 aromatic heterocycles. The second-order valence-corrected chi connectivity index (χ2v) is 9.47. The number of carbonyl (C=O) groups excluding carboxylic acids is 1. The van der Waals surface area contributed by atoms with Gasteiger partial charge in [-0.3, -0.25) is 9.79 Å². The Morgan fingerprint density at radius 3 is 2.79 bits per heavy atom. The van der Waals surface area contributed by atoms with E-state index in [2.05, 4.69) is 15.3 Å². The van der Waals surface area contributed by atoms with E-state index >= 15 is 0 Å². The molecule has 182 valence electrons. The number of amidine groups is 2. The summed E-state index contributed by atoms with van der Waals surface area (Å²) in [5.74, 6) is 7.01. The fourth-order valence-electron chi connectivity index (χ4n) is 4.80. The first-order chi connectivity index (χ1) is 16.3. The third-order valence-corrected chi connectivity index (χ3v) is 7.07. The summed E-state index contributed by atoms with van der Waals surface area (Å²) in [6.07, 6.45) is 8.00. The summed E-state index contributed by atoms with van der Waals surface area (Å²) in [4.78, 5) is 19.6. The van der Waals surface area contributed by atoms with Crippen molar-refractivity contribution in [2.45, 2.75) is 44.1 Å². The number of nitrogens with one attached hydrogen (secondary N) is 1. The minimum absolute atomic E-state index is 0.0810. The Morgan fingerprint density at radius 1 is 1.35 bits per heavy atom. The molecule has 1 saturated carbocycles. The number of amides is 1. The van der Waals surface area contributed by atoms with Crippen LogP contribution in [0.1, 0.15) is 44.1 Å². The summed E-state index contributed by atoms with van der Waals surface area (Å²) in [5.41, 5.74) is 14.0. The number of carbonyl (C=O) groups is 1. The molecule has 0 saturated heterocycles. The molecule has 4 rings (SSSR count). The Balaban J connectivity index is 1.60. The summed E-state index contributed by atoms with van der Waals surface area (Å²) in [5, 5.41) is 6.01. The molecule has 9 nitrogen and oxygen atoms in total. The van der Waals surface area contributed by atoms with Crippen LogP contribution in [0.2, 0.25) is 5.02 Å². The van der Waals surface area contributed by atoms with Crippen LogP contribution < -0.4 is 22.6 Å². The van der Waals surface area contributed by atoms with Crippen LogP contribution in [0, 0.1) is 5.92 Å². The second kappa shape index (κ2) is 10.1. The summed E-state index contributed by atoms with van der Waals surface area (Å²) in [6, 6.07) is 7.37. The van der Waals surface area contributed by atoms with Gasteiger partial charge in [0, 0.05) is 31.0 Å². The lowest BCUT2D eigenvalue weighted by molar-refractivity contribution is -0.112. The lowest BCUT2D eigenvalue weighted by Crippen LogP contribution is -2.63. The molecular formula is C24H32ClN7O2. The van der Waals surface area contributed by atoms with Gasteiger partial charge in [-0.05, 0) is 55.9 Å². The minimum Gasteiger partial charge on any atom is -0.494 e. The monoisotopic (exact) mass is 485 g/mol. The number of halogens is 1. The van der Waals surface area contributed by atoms with E-state index in [-0.39, 0.29) is 23.1 Å². The molecule has 1 amide bonds. The minimum atomic E-state index is -0.751. The number of benzene rings is 1. The van der Waals surface area contributed by atoms with Gasteiger partial charge < -0.3 is 26.5 Å². The van der Waals surface area contributed by atoms with Crippen LogP contribution in [0.4, 0.5) is 0 Å². The van der Waals surface area contributed by atoms with Crippen molar-refractivity contribution in [3.63, 3.8) is 0 Å². The summed E-state index contributed by atoms with van der Waals surface area (Å²) >= 11 is 6.16. The van der Waals surface area contributed by atoms with E-state index in [1.54, 1.807) is 6.07 Å². The zero-order chi connectivity index (χ0) is 24.3. The van der Waals surface area contributed by atoms with E-state index in [4.69, 9.17) is 33.6 Å². The van der Waals surface area contributed by atoms with E-state index in [9.17, 15) is 4.79 Å². The smallest absolute Gasteiger partial charge is 0.286 e. The Labute approximate surface area is 204 Å².